The van der Waals surface area contributed by atoms with Crippen LogP contribution in [0.2, 0.25) is 0 Å². The zero-order valence-electron chi connectivity index (χ0n) is 20.1. The second kappa shape index (κ2) is 10.6. The maximum absolute atomic E-state index is 12.9. The molecule has 0 bridgehead atoms. The van der Waals surface area contributed by atoms with Gasteiger partial charge in [-0.2, -0.15) is 0 Å². The molecule has 12 nitrogen and oxygen atoms in total. The van der Waals surface area contributed by atoms with Gasteiger partial charge in [0.15, 0.2) is 0 Å². The summed E-state index contributed by atoms with van der Waals surface area (Å²) in [7, 11) is 0. The van der Waals surface area contributed by atoms with E-state index in [0.717, 1.165) is 0 Å². The highest BCUT2D eigenvalue weighted by Crippen LogP contribution is 2.31. The number of amides is 1. The van der Waals surface area contributed by atoms with Gasteiger partial charge < -0.3 is 16.0 Å². The zero-order chi connectivity index (χ0) is 27.4. The molecule has 0 aliphatic rings. The average molecular weight is 521 g/mol. The number of pyridine rings is 2. The van der Waals surface area contributed by atoms with Crippen LogP contribution in [0, 0.1) is 20.2 Å². The Labute approximate surface area is 220 Å². The van der Waals surface area contributed by atoms with E-state index in [1.807, 2.05) is 0 Å². The number of nitro benzene ring substituents is 2. The Bertz CT molecular complexity index is 1710. The molecule has 0 fully saturated rings. The fraction of sp³-hybridized carbons (Fsp3) is 0. The summed E-state index contributed by atoms with van der Waals surface area (Å²) in [5.41, 5.74) is 3.03. The van der Waals surface area contributed by atoms with E-state index in [0.29, 0.717) is 33.7 Å². The Morgan fingerprint density at radius 3 is 2.13 bits per heavy atom. The average Bonchev–Trinajstić information content (AvgIpc) is 2.94. The van der Waals surface area contributed by atoms with Gasteiger partial charge in [0.25, 0.3) is 17.3 Å². The Kier molecular flexibility index (Phi) is 6.73. The number of aromatic nitrogens is 2. The van der Waals surface area contributed by atoms with Crippen LogP contribution in [0.25, 0.3) is 10.9 Å². The number of fused-ring (bicyclic) bond motifs is 1. The molecule has 0 radical (unpaired) electrons. The lowest BCUT2D eigenvalue weighted by Crippen LogP contribution is -2.13. The van der Waals surface area contributed by atoms with E-state index in [1.54, 1.807) is 73.2 Å². The van der Waals surface area contributed by atoms with Crippen molar-refractivity contribution < 1.29 is 14.6 Å². The first-order valence-electron chi connectivity index (χ1n) is 11.5. The smallest absolute Gasteiger partial charge is 0.294 e. The molecule has 3 N–H and O–H groups in total. The van der Waals surface area contributed by atoms with Crippen molar-refractivity contribution in [2.24, 2.45) is 0 Å². The van der Waals surface area contributed by atoms with Gasteiger partial charge in [0, 0.05) is 70.5 Å². The van der Waals surface area contributed by atoms with Crippen LogP contribution in [0.1, 0.15) is 10.4 Å². The number of non-ortho nitro benzene ring substituents is 1. The van der Waals surface area contributed by atoms with Crippen LogP contribution in [0.5, 0.6) is 0 Å². The number of carbonyl (C=O) groups excluding carboxylic acids is 1. The fourth-order valence-electron chi connectivity index (χ4n) is 3.88. The summed E-state index contributed by atoms with van der Waals surface area (Å²) in [4.78, 5) is 42.9. The Morgan fingerprint density at radius 2 is 1.41 bits per heavy atom. The maximum Gasteiger partial charge on any atom is 0.294 e. The second-order valence-electron chi connectivity index (χ2n) is 8.32. The number of nitro groups is 2. The van der Waals surface area contributed by atoms with Crippen LogP contribution < -0.4 is 16.0 Å². The molecule has 5 aromatic rings. The Balaban J connectivity index is 1.32. The molecule has 0 saturated heterocycles. The number of carbonyl (C=O) groups is 1. The van der Waals surface area contributed by atoms with Crippen molar-refractivity contribution >= 4 is 56.6 Å². The quantitative estimate of drug-likeness (QED) is 0.159. The highest BCUT2D eigenvalue weighted by atomic mass is 16.6. The molecule has 0 spiro atoms. The lowest BCUT2D eigenvalue weighted by Gasteiger charge is -2.11. The van der Waals surface area contributed by atoms with Crippen molar-refractivity contribution in [3.8, 4) is 0 Å². The van der Waals surface area contributed by atoms with Gasteiger partial charge in [-0.05, 0) is 60.7 Å². The molecule has 2 heterocycles. The molecule has 3 aromatic carbocycles. The monoisotopic (exact) mass is 521 g/mol. The summed E-state index contributed by atoms with van der Waals surface area (Å²) in [5, 5.41) is 32.3. The summed E-state index contributed by atoms with van der Waals surface area (Å²) < 4.78 is 0. The number of nitrogens with one attached hydrogen (secondary N) is 3. The third-order valence-electron chi connectivity index (χ3n) is 5.77. The first-order valence-corrected chi connectivity index (χ1v) is 11.5. The molecule has 0 aliphatic carbocycles. The van der Waals surface area contributed by atoms with E-state index >= 15 is 0 Å². The minimum atomic E-state index is -0.566. The summed E-state index contributed by atoms with van der Waals surface area (Å²) in [6, 6.07) is 20.4. The molecular weight excluding hydrogens is 502 g/mol. The van der Waals surface area contributed by atoms with Gasteiger partial charge in [0.05, 0.1) is 15.4 Å². The number of nitrogens with zero attached hydrogens (tertiary/aromatic N) is 4. The van der Waals surface area contributed by atoms with Crippen LogP contribution in [-0.4, -0.2) is 25.7 Å². The van der Waals surface area contributed by atoms with E-state index in [-0.39, 0.29) is 22.6 Å². The lowest BCUT2D eigenvalue weighted by atomic mass is 10.1. The van der Waals surface area contributed by atoms with Crippen molar-refractivity contribution in [3.63, 3.8) is 0 Å². The topological polar surface area (TPSA) is 165 Å². The highest BCUT2D eigenvalue weighted by Gasteiger charge is 2.18. The first kappa shape index (κ1) is 24.8. The van der Waals surface area contributed by atoms with Gasteiger partial charge in [-0.15, -0.1) is 0 Å². The predicted octanol–water partition coefficient (Wildman–Crippen LogP) is 6.19. The van der Waals surface area contributed by atoms with E-state index < -0.39 is 15.8 Å². The van der Waals surface area contributed by atoms with Crippen molar-refractivity contribution in [3.05, 3.63) is 123 Å². The molecular formula is C27H19N7O5. The van der Waals surface area contributed by atoms with Crippen LogP contribution in [0.3, 0.4) is 0 Å². The highest BCUT2D eigenvalue weighted by molar-refractivity contribution is 6.06. The van der Waals surface area contributed by atoms with Crippen LogP contribution >= 0.6 is 0 Å². The third kappa shape index (κ3) is 5.59. The third-order valence-corrected chi connectivity index (χ3v) is 5.77. The molecule has 0 saturated carbocycles. The van der Waals surface area contributed by atoms with Gasteiger partial charge in [-0.3, -0.25) is 35.0 Å². The van der Waals surface area contributed by atoms with Crippen LogP contribution in [-0.2, 0) is 0 Å². The van der Waals surface area contributed by atoms with Crippen LogP contribution in [0.4, 0.5) is 39.8 Å². The minimum absolute atomic E-state index is 0.0531. The van der Waals surface area contributed by atoms with Gasteiger partial charge >= 0.3 is 0 Å². The first-order chi connectivity index (χ1) is 18.9. The largest absolute Gasteiger partial charge is 0.355 e. The van der Waals surface area contributed by atoms with Gasteiger partial charge in [-0.1, -0.05) is 0 Å². The summed E-state index contributed by atoms with van der Waals surface area (Å²) in [6.07, 6.45) is 4.78. The summed E-state index contributed by atoms with van der Waals surface area (Å²) in [6.45, 7) is 0. The van der Waals surface area contributed by atoms with E-state index in [9.17, 15) is 25.0 Å². The number of rotatable bonds is 8. The minimum Gasteiger partial charge on any atom is -0.355 e. The van der Waals surface area contributed by atoms with E-state index in [1.165, 1.54) is 24.3 Å². The standard InChI is InChI=1S/C27H19N7O5/c35-27(32-25-7-5-20(15-26(25)34(38)39)30-19-9-12-28-13-10-19)17-1-3-18(4-2-17)31-24-11-14-29-23-8-6-21(33(36)37)16-22(23)24/h1-16H,(H,28,30)(H,29,31)(H,32,35). The molecule has 192 valence electrons. The zero-order valence-corrected chi connectivity index (χ0v) is 20.1. The molecule has 1 amide bonds. The van der Waals surface area contributed by atoms with Crippen LogP contribution in [0.15, 0.2) is 97.5 Å². The lowest BCUT2D eigenvalue weighted by molar-refractivity contribution is -0.384. The molecule has 0 atom stereocenters. The van der Waals surface area contributed by atoms with Crippen molar-refractivity contribution in [2.75, 3.05) is 16.0 Å². The molecule has 0 aliphatic heterocycles. The van der Waals surface area contributed by atoms with Crippen molar-refractivity contribution in [1.82, 2.24) is 9.97 Å². The van der Waals surface area contributed by atoms with Gasteiger partial charge in [-0.25, -0.2) is 0 Å². The normalized spacial score (nSPS) is 10.6. The maximum atomic E-state index is 12.9. The number of hydrogen-bond donors (Lipinski definition) is 3. The second-order valence-corrected chi connectivity index (χ2v) is 8.32. The fourth-order valence-corrected chi connectivity index (χ4v) is 3.88. The number of benzene rings is 3. The molecule has 5 rings (SSSR count). The summed E-state index contributed by atoms with van der Waals surface area (Å²) >= 11 is 0. The van der Waals surface area contributed by atoms with Crippen molar-refractivity contribution in [1.29, 1.82) is 0 Å². The Hall–Kier alpha value is -5.91. The molecule has 39 heavy (non-hydrogen) atoms. The van der Waals surface area contributed by atoms with Gasteiger partial charge in [0.2, 0.25) is 0 Å². The van der Waals surface area contributed by atoms with Gasteiger partial charge in [0.1, 0.15) is 5.69 Å². The number of anilines is 5. The SMILES string of the molecule is O=C(Nc1ccc(Nc2ccncc2)cc1[N+](=O)[O-])c1ccc(Nc2ccnc3ccc([N+](=O)[O-])cc23)cc1. The summed E-state index contributed by atoms with van der Waals surface area (Å²) in [5.74, 6) is -0.524. The molecule has 12 heteroatoms. The molecule has 0 unspecified atom stereocenters. The molecule has 2 aromatic heterocycles. The Morgan fingerprint density at radius 1 is 0.692 bits per heavy atom. The van der Waals surface area contributed by atoms with E-state index in [4.69, 9.17) is 0 Å². The predicted molar refractivity (Wildman–Crippen MR) is 147 cm³/mol. The number of hydrogen-bond acceptors (Lipinski definition) is 9. The van der Waals surface area contributed by atoms with Crippen molar-refractivity contribution in [2.45, 2.75) is 0 Å². The van der Waals surface area contributed by atoms with E-state index in [2.05, 4.69) is 25.9 Å².